The fraction of sp³-hybridized carbons (Fsp3) is 0.412. The minimum absolute atomic E-state index is 0.105. The second-order valence-corrected chi connectivity index (χ2v) is 5.69. The molecule has 2 aromatic rings. The number of aromatic nitrogens is 2. The Morgan fingerprint density at radius 1 is 1.30 bits per heavy atom. The van der Waals surface area contributed by atoms with Crippen LogP contribution in [-0.4, -0.2) is 59.2 Å². The van der Waals surface area contributed by atoms with Crippen LogP contribution in [0.2, 0.25) is 0 Å². The number of imidazole rings is 1. The summed E-state index contributed by atoms with van der Waals surface area (Å²) >= 11 is 0. The van der Waals surface area contributed by atoms with Crippen LogP contribution < -0.4 is 5.32 Å². The Kier molecular flexibility index (Phi) is 5.05. The van der Waals surface area contributed by atoms with Gasteiger partial charge in [-0.15, -0.1) is 0 Å². The lowest BCUT2D eigenvalue weighted by Gasteiger charge is -2.32. The van der Waals surface area contributed by atoms with E-state index in [4.69, 9.17) is 4.74 Å². The molecule has 3 rings (SSSR count). The molecule has 0 bridgehead atoms. The molecule has 1 aromatic heterocycles. The van der Waals surface area contributed by atoms with Gasteiger partial charge in [0, 0.05) is 31.4 Å². The molecule has 1 aliphatic rings. The van der Waals surface area contributed by atoms with Crippen molar-refractivity contribution < 1.29 is 9.53 Å². The smallest absolute Gasteiger partial charge is 0.269 e. The molecular weight excluding hydrogens is 292 g/mol. The lowest BCUT2D eigenvalue weighted by Crippen LogP contribution is -2.47. The van der Waals surface area contributed by atoms with Crippen molar-refractivity contribution in [2.24, 2.45) is 0 Å². The van der Waals surface area contributed by atoms with E-state index < -0.39 is 0 Å². The largest absolute Gasteiger partial charge is 0.379 e. The first-order valence-corrected chi connectivity index (χ1v) is 7.93. The molecule has 1 aromatic carbocycles. The molecule has 2 heterocycles. The van der Waals surface area contributed by atoms with Gasteiger partial charge in [-0.05, 0) is 19.1 Å². The number of carbonyl (C=O) groups is 1. The summed E-state index contributed by atoms with van der Waals surface area (Å²) in [4.78, 5) is 18.9. The van der Waals surface area contributed by atoms with Crippen molar-refractivity contribution in [2.45, 2.75) is 13.0 Å². The van der Waals surface area contributed by atoms with Gasteiger partial charge in [0.1, 0.15) is 5.69 Å². The zero-order valence-electron chi connectivity index (χ0n) is 13.3. The summed E-state index contributed by atoms with van der Waals surface area (Å²) in [6.45, 7) is 6.09. The summed E-state index contributed by atoms with van der Waals surface area (Å²) in [5, 5.41) is 3.01. The first-order chi connectivity index (χ1) is 11.3. The van der Waals surface area contributed by atoms with Gasteiger partial charge in [-0.3, -0.25) is 14.3 Å². The molecule has 0 radical (unpaired) electrons. The third kappa shape index (κ3) is 3.78. The monoisotopic (exact) mass is 314 g/mol. The number of amides is 1. The predicted molar refractivity (Wildman–Crippen MR) is 87.8 cm³/mol. The van der Waals surface area contributed by atoms with E-state index in [1.807, 2.05) is 30.3 Å². The van der Waals surface area contributed by atoms with Crippen LogP contribution in [0.5, 0.6) is 0 Å². The zero-order chi connectivity index (χ0) is 16.1. The van der Waals surface area contributed by atoms with Crippen LogP contribution in [0.1, 0.15) is 17.4 Å². The fourth-order valence-electron chi connectivity index (χ4n) is 2.74. The number of hydrogen-bond acceptors (Lipinski definition) is 4. The maximum atomic E-state index is 12.5. The molecule has 1 N–H and O–H groups in total. The Morgan fingerprint density at radius 2 is 2.04 bits per heavy atom. The number of nitrogens with one attached hydrogen (secondary N) is 1. The molecule has 1 fully saturated rings. The summed E-state index contributed by atoms with van der Waals surface area (Å²) in [7, 11) is 0. The Morgan fingerprint density at radius 3 is 2.78 bits per heavy atom. The van der Waals surface area contributed by atoms with Crippen LogP contribution >= 0.6 is 0 Å². The maximum absolute atomic E-state index is 12.5. The van der Waals surface area contributed by atoms with Crippen molar-refractivity contribution in [1.29, 1.82) is 0 Å². The second-order valence-electron chi connectivity index (χ2n) is 5.69. The van der Waals surface area contributed by atoms with E-state index >= 15 is 0 Å². The molecule has 122 valence electrons. The van der Waals surface area contributed by atoms with Crippen LogP contribution in [0.15, 0.2) is 42.9 Å². The van der Waals surface area contributed by atoms with Gasteiger partial charge in [0.2, 0.25) is 0 Å². The van der Waals surface area contributed by atoms with E-state index in [2.05, 4.69) is 22.1 Å². The number of rotatable bonds is 5. The van der Waals surface area contributed by atoms with E-state index in [1.165, 1.54) is 0 Å². The van der Waals surface area contributed by atoms with E-state index in [1.54, 1.807) is 17.1 Å². The van der Waals surface area contributed by atoms with Gasteiger partial charge in [-0.2, -0.15) is 0 Å². The summed E-state index contributed by atoms with van der Waals surface area (Å²) in [5.41, 5.74) is 1.47. The first kappa shape index (κ1) is 15.7. The summed E-state index contributed by atoms with van der Waals surface area (Å²) in [5.74, 6) is -0.105. The first-order valence-electron chi connectivity index (χ1n) is 7.93. The van der Waals surface area contributed by atoms with Gasteiger partial charge in [0.05, 0.1) is 25.7 Å². The van der Waals surface area contributed by atoms with Gasteiger partial charge in [0.15, 0.2) is 0 Å². The summed E-state index contributed by atoms with van der Waals surface area (Å²) in [6, 6.07) is 10.0. The van der Waals surface area contributed by atoms with Crippen LogP contribution in [0.4, 0.5) is 0 Å². The maximum Gasteiger partial charge on any atom is 0.269 e. The Bertz CT molecular complexity index is 635. The molecule has 1 amide bonds. The quantitative estimate of drug-likeness (QED) is 0.904. The molecule has 1 saturated heterocycles. The van der Waals surface area contributed by atoms with Gasteiger partial charge in [-0.1, -0.05) is 18.2 Å². The van der Waals surface area contributed by atoms with Crippen molar-refractivity contribution in [3.05, 3.63) is 48.5 Å². The van der Waals surface area contributed by atoms with Crippen LogP contribution in [0, 0.1) is 0 Å². The highest BCUT2D eigenvalue weighted by Crippen LogP contribution is 2.11. The Labute approximate surface area is 136 Å². The van der Waals surface area contributed by atoms with Crippen molar-refractivity contribution in [2.75, 3.05) is 32.8 Å². The SMILES string of the molecule is C[C@H](CNC(=O)c1cncn1-c1ccccc1)N1CCOCC1. The lowest BCUT2D eigenvalue weighted by molar-refractivity contribution is 0.0204. The fourth-order valence-corrected chi connectivity index (χ4v) is 2.74. The summed E-state index contributed by atoms with van der Waals surface area (Å²) in [6.07, 6.45) is 3.26. The molecule has 1 atom stereocenters. The Balaban J connectivity index is 1.62. The highest BCUT2D eigenvalue weighted by molar-refractivity contribution is 5.93. The standard InChI is InChI=1S/C17H22N4O2/c1-14(20-7-9-23-10-8-20)11-19-17(22)16-12-18-13-21(16)15-5-3-2-4-6-15/h2-6,12-14H,7-11H2,1H3,(H,19,22)/t14-/m1/s1. The topological polar surface area (TPSA) is 59.4 Å². The number of para-hydroxylation sites is 1. The van der Waals surface area contributed by atoms with Gasteiger partial charge < -0.3 is 10.1 Å². The van der Waals surface area contributed by atoms with E-state index in [0.717, 1.165) is 32.0 Å². The van der Waals surface area contributed by atoms with Crippen molar-refractivity contribution >= 4 is 5.91 Å². The van der Waals surface area contributed by atoms with Crippen molar-refractivity contribution in [3.8, 4) is 5.69 Å². The highest BCUT2D eigenvalue weighted by atomic mass is 16.5. The third-order valence-corrected chi connectivity index (χ3v) is 4.13. The molecule has 6 heteroatoms. The molecule has 0 saturated carbocycles. The molecule has 6 nitrogen and oxygen atoms in total. The number of ether oxygens (including phenoxy) is 1. The minimum Gasteiger partial charge on any atom is -0.379 e. The number of nitrogens with zero attached hydrogens (tertiary/aromatic N) is 3. The molecule has 23 heavy (non-hydrogen) atoms. The van der Waals surface area contributed by atoms with Gasteiger partial charge >= 0.3 is 0 Å². The van der Waals surface area contributed by atoms with Gasteiger partial charge in [0.25, 0.3) is 5.91 Å². The normalized spacial score (nSPS) is 16.9. The average molecular weight is 314 g/mol. The van der Waals surface area contributed by atoms with E-state index in [9.17, 15) is 4.79 Å². The number of carbonyl (C=O) groups excluding carboxylic acids is 1. The predicted octanol–water partition coefficient (Wildman–Crippen LogP) is 1.32. The number of benzene rings is 1. The highest BCUT2D eigenvalue weighted by Gasteiger charge is 2.19. The van der Waals surface area contributed by atoms with E-state index in [-0.39, 0.29) is 11.9 Å². The van der Waals surface area contributed by atoms with Crippen LogP contribution in [0.3, 0.4) is 0 Å². The molecule has 0 aliphatic carbocycles. The van der Waals surface area contributed by atoms with Crippen LogP contribution in [-0.2, 0) is 4.74 Å². The van der Waals surface area contributed by atoms with Crippen molar-refractivity contribution in [3.63, 3.8) is 0 Å². The number of morpholine rings is 1. The van der Waals surface area contributed by atoms with E-state index in [0.29, 0.717) is 12.2 Å². The second kappa shape index (κ2) is 7.39. The average Bonchev–Trinajstić information content (AvgIpc) is 3.11. The molecular formula is C17H22N4O2. The third-order valence-electron chi connectivity index (χ3n) is 4.13. The molecule has 0 spiro atoms. The Hall–Kier alpha value is -2.18. The summed E-state index contributed by atoms with van der Waals surface area (Å²) < 4.78 is 7.16. The molecule has 1 aliphatic heterocycles. The minimum atomic E-state index is -0.105. The lowest BCUT2D eigenvalue weighted by atomic mass is 10.2. The van der Waals surface area contributed by atoms with Crippen molar-refractivity contribution in [1.82, 2.24) is 19.8 Å². The van der Waals surface area contributed by atoms with Gasteiger partial charge in [-0.25, -0.2) is 4.98 Å². The molecule has 0 unspecified atom stereocenters. The zero-order valence-corrected chi connectivity index (χ0v) is 13.3. The number of hydrogen-bond donors (Lipinski definition) is 1. The van der Waals surface area contributed by atoms with Crippen LogP contribution in [0.25, 0.3) is 5.69 Å².